The average molecular weight is 980 g/mol. The van der Waals surface area contributed by atoms with Gasteiger partial charge in [-0.2, -0.15) is 0 Å². The molecule has 1 heterocycles. The van der Waals surface area contributed by atoms with E-state index in [9.17, 15) is 0 Å². The summed E-state index contributed by atoms with van der Waals surface area (Å²) in [5, 5.41) is 0. The Labute approximate surface area is 440 Å². The molecule has 0 amide bonds. The lowest BCUT2D eigenvalue weighted by Gasteiger charge is -2.27. The van der Waals surface area contributed by atoms with Crippen molar-refractivity contribution in [1.29, 1.82) is 0 Å². The Kier molecular flexibility index (Phi) is 20.4. The summed E-state index contributed by atoms with van der Waals surface area (Å²) >= 11 is 0. The lowest BCUT2D eigenvalue weighted by molar-refractivity contribution is 0.291. The molecule has 0 radical (unpaired) electrons. The molecule has 6 aromatic rings. The van der Waals surface area contributed by atoms with Gasteiger partial charge in [0.25, 0.3) is 0 Å². The number of aryl methyl sites for hydroxylation is 1. The third-order valence-electron chi connectivity index (χ3n) is 15.1. The third-order valence-corrected chi connectivity index (χ3v) is 15.1. The summed E-state index contributed by atoms with van der Waals surface area (Å²) in [6.07, 6.45) is 24.9. The Balaban J connectivity index is 1.10. The average Bonchev–Trinajstić information content (AvgIpc) is 4.02. The molecule has 6 aromatic carbocycles. The molecule has 8 rings (SSSR count). The monoisotopic (exact) mass is 980 g/mol. The molecule has 2 aliphatic rings. The topological polar surface area (TPSA) is 40.2 Å². The van der Waals surface area contributed by atoms with Gasteiger partial charge in [0.2, 0.25) is 0 Å². The van der Waals surface area contributed by atoms with Gasteiger partial charge in [0.15, 0.2) is 0 Å². The number of unbranched alkanes of at least 4 members (excludes halogenated alkanes) is 12. The molecule has 386 valence electrons. The summed E-state index contributed by atoms with van der Waals surface area (Å²) in [5.41, 5.74) is 14.6. The molecule has 1 aliphatic carbocycles. The zero-order valence-electron chi connectivity index (χ0n) is 45.2. The van der Waals surface area contributed by atoms with E-state index in [4.69, 9.17) is 18.9 Å². The van der Waals surface area contributed by atoms with Gasteiger partial charge in [0.05, 0.1) is 26.4 Å². The van der Waals surface area contributed by atoms with Gasteiger partial charge in [-0.3, -0.25) is 0 Å². The lowest BCUT2D eigenvalue weighted by atomic mass is 9.92. The Bertz CT molecular complexity index is 2510. The molecule has 0 spiro atoms. The van der Waals surface area contributed by atoms with Crippen LogP contribution in [-0.4, -0.2) is 32.5 Å². The first-order valence-corrected chi connectivity index (χ1v) is 28.7. The molecule has 2 atom stereocenters. The van der Waals surface area contributed by atoms with E-state index >= 15 is 0 Å². The summed E-state index contributed by atoms with van der Waals surface area (Å²) < 4.78 is 25.6. The predicted molar refractivity (Wildman–Crippen MR) is 309 cm³/mol. The number of ether oxygens (including phenoxy) is 4. The van der Waals surface area contributed by atoms with E-state index in [-0.39, 0.29) is 0 Å². The van der Waals surface area contributed by atoms with E-state index in [1.54, 1.807) is 0 Å². The van der Waals surface area contributed by atoms with Crippen LogP contribution in [0.15, 0.2) is 127 Å². The van der Waals surface area contributed by atoms with Crippen LogP contribution in [0.2, 0.25) is 0 Å². The van der Waals surface area contributed by atoms with Crippen LogP contribution in [0.4, 0.5) is 11.4 Å². The van der Waals surface area contributed by atoms with Crippen molar-refractivity contribution in [2.45, 2.75) is 169 Å². The molecule has 2 unspecified atom stereocenters. The zero-order chi connectivity index (χ0) is 50.6. The Morgan fingerprint density at radius 1 is 0.479 bits per heavy atom. The summed E-state index contributed by atoms with van der Waals surface area (Å²) in [6, 6.07) is 47.8. The third kappa shape index (κ3) is 14.4. The normalized spacial score (nSPS) is 14.7. The maximum atomic E-state index is 6.56. The molecule has 0 bridgehead atoms. The minimum atomic E-state index is 0.531. The Morgan fingerprint density at radius 2 is 0.959 bits per heavy atom. The maximum Gasteiger partial charge on any atom is 0.130 e. The minimum absolute atomic E-state index is 0.531. The standard InChI is InChI=1S/C68H85NO4/c1-6-10-14-18-43-70-58-38-40-60(67(49-58)72-45-20-16-12-8-3)53-28-32-55(33-29-53)63(48-52-26-36-57(37-27-52)69-65-24-22-23-62(65)64-47-51(5)25-42-66(64)69)56-34-30-54(31-35-56)61-41-39-59(71-44-19-15-11-7-2)50-68(61)73-46-21-17-13-9-4/h25-42,47-50,62,65H,6-24,43-46H2,1-5H3. The number of hydrogen-bond donors (Lipinski definition) is 0. The molecule has 5 nitrogen and oxygen atoms in total. The number of rotatable bonds is 30. The molecule has 0 saturated heterocycles. The summed E-state index contributed by atoms with van der Waals surface area (Å²) in [5.74, 6) is 4.14. The van der Waals surface area contributed by atoms with Crippen LogP contribution in [0.5, 0.6) is 23.0 Å². The van der Waals surface area contributed by atoms with Gasteiger partial charge in [-0.05, 0) is 133 Å². The second-order valence-corrected chi connectivity index (χ2v) is 20.8. The van der Waals surface area contributed by atoms with Crippen LogP contribution in [0.3, 0.4) is 0 Å². The van der Waals surface area contributed by atoms with E-state index in [2.05, 4.69) is 173 Å². The molecular formula is C68H85NO4. The fraction of sp³-hybridized carbons (Fsp3) is 0.441. The predicted octanol–water partition coefficient (Wildman–Crippen LogP) is 19.5. The number of benzene rings is 6. The van der Waals surface area contributed by atoms with E-state index in [1.807, 2.05) is 0 Å². The van der Waals surface area contributed by atoms with E-state index in [0.717, 1.165) is 95.3 Å². The highest BCUT2D eigenvalue weighted by atomic mass is 16.5. The Morgan fingerprint density at radius 3 is 1.44 bits per heavy atom. The second kappa shape index (κ2) is 27.9. The fourth-order valence-electron chi connectivity index (χ4n) is 11.0. The van der Waals surface area contributed by atoms with Gasteiger partial charge in [-0.1, -0.05) is 190 Å². The molecule has 1 saturated carbocycles. The maximum absolute atomic E-state index is 6.56. The fourth-order valence-corrected chi connectivity index (χ4v) is 11.0. The smallest absolute Gasteiger partial charge is 0.130 e. The molecule has 1 fully saturated rings. The number of hydrogen-bond acceptors (Lipinski definition) is 5. The van der Waals surface area contributed by atoms with Gasteiger partial charge in [0, 0.05) is 46.6 Å². The van der Waals surface area contributed by atoms with Crippen molar-refractivity contribution in [3.8, 4) is 45.3 Å². The summed E-state index contributed by atoms with van der Waals surface area (Å²) in [7, 11) is 0. The van der Waals surface area contributed by atoms with Gasteiger partial charge in [0.1, 0.15) is 23.0 Å². The Hall–Kier alpha value is -5.94. The van der Waals surface area contributed by atoms with Crippen LogP contribution in [0.1, 0.15) is 183 Å². The highest BCUT2D eigenvalue weighted by molar-refractivity contribution is 5.93. The minimum Gasteiger partial charge on any atom is -0.493 e. The molecule has 5 heteroatoms. The largest absolute Gasteiger partial charge is 0.493 e. The van der Waals surface area contributed by atoms with Gasteiger partial charge in [-0.15, -0.1) is 0 Å². The number of anilines is 2. The first kappa shape index (κ1) is 53.4. The van der Waals surface area contributed by atoms with Crippen molar-refractivity contribution >= 4 is 23.0 Å². The number of nitrogens with zero attached hydrogens (tertiary/aromatic N) is 1. The van der Waals surface area contributed by atoms with Gasteiger partial charge in [-0.25, -0.2) is 0 Å². The van der Waals surface area contributed by atoms with Crippen LogP contribution in [-0.2, 0) is 0 Å². The van der Waals surface area contributed by atoms with Crippen molar-refractivity contribution in [1.82, 2.24) is 0 Å². The van der Waals surface area contributed by atoms with Crippen LogP contribution in [0, 0.1) is 6.92 Å². The molecule has 0 N–H and O–H groups in total. The van der Waals surface area contributed by atoms with Crippen LogP contribution < -0.4 is 23.8 Å². The van der Waals surface area contributed by atoms with Gasteiger partial charge >= 0.3 is 0 Å². The van der Waals surface area contributed by atoms with Crippen LogP contribution in [0.25, 0.3) is 33.9 Å². The summed E-state index contributed by atoms with van der Waals surface area (Å²) in [6.45, 7) is 14.1. The van der Waals surface area contributed by atoms with E-state index in [0.29, 0.717) is 25.2 Å². The first-order chi connectivity index (χ1) is 36.0. The molecule has 0 aromatic heterocycles. The van der Waals surface area contributed by atoms with E-state index in [1.165, 1.54) is 130 Å². The quantitative estimate of drug-likeness (QED) is 0.0332. The highest BCUT2D eigenvalue weighted by Crippen LogP contribution is 2.52. The number of fused-ring (bicyclic) bond motifs is 3. The van der Waals surface area contributed by atoms with Crippen LogP contribution >= 0.6 is 0 Å². The molecular weight excluding hydrogens is 895 g/mol. The van der Waals surface area contributed by atoms with Crippen molar-refractivity contribution < 1.29 is 18.9 Å². The lowest BCUT2D eigenvalue weighted by Crippen LogP contribution is -2.26. The van der Waals surface area contributed by atoms with E-state index < -0.39 is 0 Å². The van der Waals surface area contributed by atoms with Crippen molar-refractivity contribution in [2.24, 2.45) is 0 Å². The van der Waals surface area contributed by atoms with Gasteiger partial charge < -0.3 is 23.8 Å². The zero-order valence-corrected chi connectivity index (χ0v) is 45.2. The van der Waals surface area contributed by atoms with Crippen molar-refractivity contribution in [2.75, 3.05) is 31.3 Å². The second-order valence-electron chi connectivity index (χ2n) is 20.8. The van der Waals surface area contributed by atoms with Crippen molar-refractivity contribution in [3.63, 3.8) is 0 Å². The van der Waals surface area contributed by atoms with Crippen molar-refractivity contribution in [3.05, 3.63) is 155 Å². The molecule has 73 heavy (non-hydrogen) atoms. The summed E-state index contributed by atoms with van der Waals surface area (Å²) in [4.78, 5) is 2.63. The SMILES string of the molecule is CCCCCCOc1ccc(-c2ccc(C(=Cc3ccc(N4c5ccc(C)cc5C5CCCC54)cc3)c3ccc(-c4ccc(OCCCCCC)cc4OCCCCCC)cc3)cc2)c(OCCCCCC)c1. The highest BCUT2D eigenvalue weighted by Gasteiger charge is 2.42. The molecule has 1 aliphatic heterocycles. The first-order valence-electron chi connectivity index (χ1n) is 28.7.